The molecule has 9 heavy (non-hydrogen) atoms. The van der Waals surface area contributed by atoms with E-state index in [0.717, 1.165) is 3.93 Å². The molecule has 0 saturated heterocycles. The van der Waals surface area contributed by atoms with Crippen molar-refractivity contribution in [2.75, 3.05) is 0 Å². The van der Waals surface area contributed by atoms with Gasteiger partial charge in [0.2, 0.25) is 0 Å². The van der Waals surface area contributed by atoms with Gasteiger partial charge in [0.1, 0.15) is 0 Å². The topological polar surface area (TPSA) is 0 Å². The molecule has 0 atom stereocenters. The Morgan fingerprint density at radius 3 is 2.78 bits per heavy atom. The number of hydrogen-bond acceptors (Lipinski definition) is 0. The second-order valence-electron chi connectivity index (χ2n) is 1.62. The molecule has 0 bridgehead atoms. The average molecular weight is 232 g/mol. The van der Waals surface area contributed by atoms with Gasteiger partial charge in [-0.1, -0.05) is 0 Å². The van der Waals surface area contributed by atoms with Crippen molar-refractivity contribution in [2.45, 2.75) is 25.1 Å². The van der Waals surface area contributed by atoms with Gasteiger partial charge in [-0.2, -0.15) is 0 Å². The molecule has 0 aliphatic rings. The molecule has 0 rings (SSSR count). The van der Waals surface area contributed by atoms with Crippen molar-refractivity contribution in [3.05, 3.63) is 9.47 Å². The molecule has 0 radical (unpaired) electrons. The molecule has 0 aliphatic heterocycles. The van der Waals surface area contributed by atoms with Crippen LogP contribution in [0, 0.1) is 0 Å². The maximum atomic E-state index is 5.66. The van der Waals surface area contributed by atoms with Crippen LogP contribution in [0.5, 0.6) is 0 Å². The third-order valence-electron chi connectivity index (χ3n) is 0.824. The van der Waals surface area contributed by atoms with Crippen LogP contribution in [0.4, 0.5) is 0 Å². The summed E-state index contributed by atoms with van der Waals surface area (Å²) < 4.78 is 0.831. The van der Waals surface area contributed by atoms with Gasteiger partial charge in [0.25, 0.3) is 0 Å². The van der Waals surface area contributed by atoms with Crippen molar-refractivity contribution in [1.82, 2.24) is 0 Å². The van der Waals surface area contributed by atoms with E-state index < -0.39 is 0 Å². The number of halogens is 2. The maximum absolute atomic E-state index is 5.66. The van der Waals surface area contributed by atoms with E-state index in [2.05, 4.69) is 6.92 Å². The molecule has 0 aromatic rings. The minimum absolute atomic E-state index is 0.430. The molecule has 0 N–H and O–H groups in total. The van der Waals surface area contributed by atoms with Crippen LogP contribution in [-0.2, 0) is 0 Å². The summed E-state index contributed by atoms with van der Waals surface area (Å²) in [6.07, 6.45) is 2.51. The Balaban J connectivity index is 3.07. The molecular weight excluding hydrogens is 222 g/mol. The Labute approximate surface area is 72.8 Å². The summed E-state index contributed by atoms with van der Waals surface area (Å²) in [5.41, 5.74) is 1.47. The van der Waals surface area contributed by atoms with Gasteiger partial charge in [0.15, 0.2) is 0 Å². The van der Waals surface area contributed by atoms with E-state index in [4.69, 9.17) is 23.2 Å². The van der Waals surface area contributed by atoms with Gasteiger partial charge in [-0.3, -0.25) is 0 Å². The van der Waals surface area contributed by atoms with Crippen molar-refractivity contribution in [3.8, 4) is 0 Å². The molecule has 0 nitrogen and oxygen atoms in total. The van der Waals surface area contributed by atoms with Crippen molar-refractivity contribution >= 4 is 38.2 Å². The van der Waals surface area contributed by atoms with E-state index in [-0.39, 0.29) is 0 Å². The SMILES string of the molecule is CCCC[Se]/C(Cl)=C\Cl. The first-order valence-electron chi connectivity index (χ1n) is 2.90. The van der Waals surface area contributed by atoms with E-state index in [0.29, 0.717) is 15.0 Å². The van der Waals surface area contributed by atoms with Crippen LogP contribution in [0.15, 0.2) is 9.47 Å². The second-order valence-corrected chi connectivity index (χ2v) is 5.13. The molecular formula is C6H10Cl2Se. The zero-order valence-corrected chi connectivity index (χ0v) is 8.59. The third-order valence-corrected chi connectivity index (χ3v) is 3.98. The van der Waals surface area contributed by atoms with Crippen LogP contribution in [0.1, 0.15) is 19.8 Å². The summed E-state index contributed by atoms with van der Waals surface area (Å²) in [5, 5.41) is 1.21. The number of hydrogen-bond donors (Lipinski definition) is 0. The summed E-state index contributed by atoms with van der Waals surface area (Å²) in [7, 11) is 0. The predicted octanol–water partition coefficient (Wildman–Crippen LogP) is 3.19. The first-order valence-corrected chi connectivity index (χ1v) is 5.78. The second kappa shape index (κ2) is 6.95. The summed E-state index contributed by atoms with van der Waals surface area (Å²) in [6.45, 7) is 2.17. The normalized spacial score (nSPS) is 12.1. The van der Waals surface area contributed by atoms with Gasteiger partial charge >= 0.3 is 72.7 Å². The molecule has 0 unspecified atom stereocenters. The molecule has 0 heterocycles. The molecule has 0 aromatic heterocycles. The Kier molecular flexibility index (Phi) is 7.60. The Bertz CT molecular complexity index is 91.1. The summed E-state index contributed by atoms with van der Waals surface area (Å²) in [6, 6.07) is 0. The number of rotatable bonds is 4. The Morgan fingerprint density at radius 1 is 1.67 bits per heavy atom. The van der Waals surface area contributed by atoms with Gasteiger partial charge in [0, 0.05) is 0 Å². The molecule has 54 valence electrons. The van der Waals surface area contributed by atoms with Gasteiger partial charge in [-0.25, -0.2) is 0 Å². The van der Waals surface area contributed by atoms with Gasteiger partial charge in [0.05, 0.1) is 0 Å². The molecule has 0 fully saturated rings. The molecule has 0 aliphatic carbocycles. The van der Waals surface area contributed by atoms with Crippen LogP contribution in [0.25, 0.3) is 0 Å². The van der Waals surface area contributed by atoms with Gasteiger partial charge in [-0.05, 0) is 0 Å². The van der Waals surface area contributed by atoms with Crippen molar-refractivity contribution in [2.24, 2.45) is 0 Å². The molecule has 3 heteroatoms. The van der Waals surface area contributed by atoms with Crippen molar-refractivity contribution in [3.63, 3.8) is 0 Å². The third kappa shape index (κ3) is 6.73. The first kappa shape index (κ1) is 9.84. The predicted molar refractivity (Wildman–Crippen MR) is 45.3 cm³/mol. The van der Waals surface area contributed by atoms with Crippen molar-refractivity contribution in [1.29, 1.82) is 0 Å². The van der Waals surface area contributed by atoms with Crippen molar-refractivity contribution < 1.29 is 0 Å². The minimum atomic E-state index is 0.430. The van der Waals surface area contributed by atoms with E-state index in [1.54, 1.807) is 0 Å². The molecule has 0 spiro atoms. The van der Waals surface area contributed by atoms with E-state index in [1.807, 2.05) is 0 Å². The monoisotopic (exact) mass is 232 g/mol. The quantitative estimate of drug-likeness (QED) is 0.515. The molecule has 0 amide bonds. The van der Waals surface area contributed by atoms with Crippen LogP contribution in [0.2, 0.25) is 5.32 Å². The Morgan fingerprint density at radius 2 is 2.33 bits per heavy atom. The fraction of sp³-hybridized carbons (Fsp3) is 0.667. The summed E-state index contributed by atoms with van der Waals surface area (Å²) >= 11 is 11.4. The van der Waals surface area contributed by atoms with E-state index >= 15 is 0 Å². The van der Waals surface area contributed by atoms with E-state index in [9.17, 15) is 0 Å². The zero-order valence-electron chi connectivity index (χ0n) is 5.36. The summed E-state index contributed by atoms with van der Waals surface area (Å²) in [5.74, 6) is 0. The fourth-order valence-electron chi connectivity index (χ4n) is 0.346. The van der Waals surface area contributed by atoms with E-state index in [1.165, 1.54) is 23.7 Å². The Hall–Kier alpha value is 0.839. The van der Waals surface area contributed by atoms with Crippen LogP contribution in [-0.4, -0.2) is 15.0 Å². The zero-order chi connectivity index (χ0) is 7.11. The van der Waals surface area contributed by atoms with Gasteiger partial charge < -0.3 is 0 Å². The van der Waals surface area contributed by atoms with Gasteiger partial charge in [-0.15, -0.1) is 0 Å². The molecule has 0 saturated carbocycles. The number of unbranched alkanes of at least 4 members (excludes halogenated alkanes) is 1. The van der Waals surface area contributed by atoms with Crippen LogP contribution >= 0.6 is 23.2 Å². The van der Waals surface area contributed by atoms with Crippen LogP contribution in [0.3, 0.4) is 0 Å². The fourth-order valence-corrected chi connectivity index (χ4v) is 2.52. The average Bonchev–Trinajstić information content (AvgIpc) is 1.89. The van der Waals surface area contributed by atoms with Crippen LogP contribution < -0.4 is 0 Å². The molecule has 0 aromatic carbocycles. The first-order chi connectivity index (χ1) is 4.31. The standard InChI is InChI=1S/C6H10Cl2Se/c1-2-3-4-9-6(8)5-7/h5H,2-4H2,1H3/b6-5-. The summed E-state index contributed by atoms with van der Waals surface area (Å²) in [4.78, 5) is 0.